The first-order chi connectivity index (χ1) is 19.1. The van der Waals surface area contributed by atoms with Crippen LogP contribution in [0.4, 0.5) is 16.0 Å². The number of ketones is 1. The van der Waals surface area contributed by atoms with Gasteiger partial charge < -0.3 is 9.80 Å². The molecule has 1 aromatic carbocycles. The molecule has 39 heavy (non-hydrogen) atoms. The second kappa shape index (κ2) is 10.8. The van der Waals surface area contributed by atoms with Crippen molar-refractivity contribution in [2.24, 2.45) is 5.92 Å². The van der Waals surface area contributed by atoms with E-state index in [2.05, 4.69) is 20.9 Å². The molecule has 2 aliphatic heterocycles. The average Bonchev–Trinajstić information content (AvgIpc) is 3.63. The number of nitrogens with zero attached hydrogens (tertiary/aromatic N) is 7. The number of rotatable bonds is 7. The lowest BCUT2D eigenvalue weighted by Gasteiger charge is -2.32. The van der Waals surface area contributed by atoms with Crippen LogP contribution in [0.5, 0.6) is 0 Å². The van der Waals surface area contributed by atoms with Crippen molar-refractivity contribution in [2.75, 3.05) is 29.4 Å². The largest absolute Gasteiger partial charge is 0.357 e. The second-order valence-electron chi connectivity index (χ2n) is 10.3. The molecule has 9 heteroatoms. The Balaban J connectivity index is 1.23. The third kappa shape index (κ3) is 5.07. The summed E-state index contributed by atoms with van der Waals surface area (Å²) in [6.07, 6.45) is 5.95. The van der Waals surface area contributed by atoms with E-state index >= 15 is 0 Å². The first-order valence-corrected chi connectivity index (χ1v) is 13.6. The molecule has 2 fully saturated rings. The Hall–Kier alpha value is -4.32. The average molecular weight is 524 g/mol. The molecule has 1 unspecified atom stereocenters. The molecular weight excluding hydrogens is 493 g/mol. The molecule has 2 saturated heterocycles. The Labute approximate surface area is 226 Å². The minimum absolute atomic E-state index is 0.0287. The predicted molar refractivity (Wildman–Crippen MR) is 147 cm³/mol. The molecule has 6 rings (SSSR count). The third-order valence-electron chi connectivity index (χ3n) is 7.88. The van der Waals surface area contributed by atoms with Crippen molar-refractivity contribution in [2.45, 2.75) is 44.6 Å². The summed E-state index contributed by atoms with van der Waals surface area (Å²) in [4.78, 5) is 26.3. The number of fused-ring (bicyclic) bond motifs is 1. The minimum atomic E-state index is -0.222. The molecule has 0 spiro atoms. The number of anilines is 2. The van der Waals surface area contributed by atoms with Gasteiger partial charge in [-0.2, -0.15) is 5.26 Å². The van der Waals surface area contributed by atoms with E-state index in [1.54, 1.807) is 18.3 Å². The van der Waals surface area contributed by atoms with Crippen molar-refractivity contribution >= 4 is 23.1 Å². The van der Waals surface area contributed by atoms with Crippen molar-refractivity contribution in [3.8, 4) is 17.5 Å². The van der Waals surface area contributed by atoms with E-state index in [0.29, 0.717) is 12.8 Å². The van der Waals surface area contributed by atoms with Crippen LogP contribution in [0.3, 0.4) is 0 Å². The Morgan fingerprint density at radius 1 is 1.03 bits per heavy atom. The van der Waals surface area contributed by atoms with E-state index in [1.807, 2.05) is 40.9 Å². The zero-order valence-electron chi connectivity index (χ0n) is 21.7. The van der Waals surface area contributed by atoms with Gasteiger partial charge in [0.2, 0.25) is 0 Å². The Kier molecular flexibility index (Phi) is 6.93. The van der Waals surface area contributed by atoms with Crippen molar-refractivity contribution in [1.82, 2.24) is 19.6 Å². The Morgan fingerprint density at radius 2 is 1.87 bits per heavy atom. The summed E-state index contributed by atoms with van der Waals surface area (Å²) in [7, 11) is 0. The summed E-state index contributed by atoms with van der Waals surface area (Å²) < 4.78 is 15.8. The van der Waals surface area contributed by atoms with E-state index in [9.17, 15) is 9.18 Å². The molecule has 4 aromatic rings. The second-order valence-corrected chi connectivity index (χ2v) is 10.3. The molecule has 0 saturated carbocycles. The van der Waals surface area contributed by atoms with Gasteiger partial charge in [-0.1, -0.05) is 18.2 Å². The number of piperidine rings is 1. The van der Waals surface area contributed by atoms with Crippen LogP contribution in [0.2, 0.25) is 0 Å². The van der Waals surface area contributed by atoms with Gasteiger partial charge in [-0.3, -0.25) is 4.79 Å². The summed E-state index contributed by atoms with van der Waals surface area (Å²) in [5, 5.41) is 13.7. The van der Waals surface area contributed by atoms with Crippen LogP contribution in [0.15, 0.2) is 60.8 Å². The number of hydrogen-bond donors (Lipinski definition) is 0. The standard InChI is InChI=1S/C30H30FN7O/c31-23-6-1-5-22(19-23)25-8-4-16-37(25)30-12-11-28-33-20-26(38(28)35-30)24-7-2-10-29(34-24)36-17-13-21(14-18-36)27(39)9-3-15-32/h1-2,5-7,10-12,19-21,25H,3-4,8-9,13-14,16-18H2. The minimum Gasteiger partial charge on any atom is -0.357 e. The van der Waals surface area contributed by atoms with E-state index in [4.69, 9.17) is 15.3 Å². The number of carbonyl (C=O) groups excluding carboxylic acids is 1. The number of pyridine rings is 1. The van der Waals surface area contributed by atoms with Crippen LogP contribution in [-0.2, 0) is 4.79 Å². The molecule has 0 bridgehead atoms. The lowest BCUT2D eigenvalue weighted by Crippen LogP contribution is -2.36. The maximum atomic E-state index is 13.9. The lowest BCUT2D eigenvalue weighted by molar-refractivity contribution is -0.123. The van der Waals surface area contributed by atoms with Gasteiger partial charge in [0.25, 0.3) is 0 Å². The van der Waals surface area contributed by atoms with Crippen molar-refractivity contribution < 1.29 is 9.18 Å². The normalized spacial score (nSPS) is 18.0. The van der Waals surface area contributed by atoms with E-state index in [-0.39, 0.29) is 23.6 Å². The fourth-order valence-electron chi connectivity index (χ4n) is 5.85. The van der Waals surface area contributed by atoms with Gasteiger partial charge in [0, 0.05) is 38.4 Å². The molecule has 0 aliphatic carbocycles. The van der Waals surface area contributed by atoms with Crippen molar-refractivity contribution in [3.63, 3.8) is 0 Å². The van der Waals surface area contributed by atoms with Gasteiger partial charge in [-0.05, 0) is 67.6 Å². The summed E-state index contributed by atoms with van der Waals surface area (Å²) in [5.74, 6) is 1.70. The molecule has 8 nitrogen and oxygen atoms in total. The zero-order chi connectivity index (χ0) is 26.8. The molecule has 5 heterocycles. The lowest BCUT2D eigenvalue weighted by atomic mass is 9.90. The molecule has 198 valence electrons. The van der Waals surface area contributed by atoms with E-state index in [0.717, 1.165) is 79.6 Å². The number of nitriles is 1. The van der Waals surface area contributed by atoms with Gasteiger partial charge in [0.15, 0.2) is 5.65 Å². The first-order valence-electron chi connectivity index (χ1n) is 13.6. The SMILES string of the molecule is N#CCCC(=O)C1CCN(c2cccc(-c3cnc4ccc(N5CCCC5c5cccc(F)c5)nn34)n2)CC1. The molecule has 0 N–H and O–H groups in total. The highest BCUT2D eigenvalue weighted by Gasteiger charge is 2.28. The quantitative estimate of drug-likeness (QED) is 0.322. The summed E-state index contributed by atoms with van der Waals surface area (Å²) in [5.41, 5.74) is 3.28. The Bertz CT molecular complexity index is 1540. The van der Waals surface area contributed by atoms with Gasteiger partial charge in [-0.25, -0.2) is 18.9 Å². The molecule has 2 aliphatic rings. The van der Waals surface area contributed by atoms with Crippen LogP contribution in [0.25, 0.3) is 17.0 Å². The number of hydrogen-bond acceptors (Lipinski definition) is 7. The van der Waals surface area contributed by atoms with Crippen LogP contribution in [0, 0.1) is 23.1 Å². The fraction of sp³-hybridized carbons (Fsp3) is 0.367. The van der Waals surface area contributed by atoms with Gasteiger partial charge in [0.1, 0.15) is 28.9 Å². The first kappa shape index (κ1) is 25.0. The smallest absolute Gasteiger partial charge is 0.154 e. The third-order valence-corrected chi connectivity index (χ3v) is 7.88. The fourth-order valence-corrected chi connectivity index (χ4v) is 5.85. The highest BCUT2D eigenvalue weighted by atomic mass is 19.1. The topological polar surface area (TPSA) is 90.4 Å². The van der Waals surface area contributed by atoms with Gasteiger partial charge >= 0.3 is 0 Å². The number of imidazole rings is 1. The number of aromatic nitrogens is 4. The van der Waals surface area contributed by atoms with Crippen LogP contribution < -0.4 is 9.80 Å². The van der Waals surface area contributed by atoms with Crippen LogP contribution >= 0.6 is 0 Å². The van der Waals surface area contributed by atoms with Crippen LogP contribution in [-0.4, -0.2) is 45.0 Å². The highest BCUT2D eigenvalue weighted by Crippen LogP contribution is 2.36. The monoisotopic (exact) mass is 523 g/mol. The summed E-state index contributed by atoms with van der Waals surface area (Å²) in [6.45, 7) is 2.36. The van der Waals surface area contributed by atoms with E-state index < -0.39 is 0 Å². The number of carbonyl (C=O) groups is 1. The summed E-state index contributed by atoms with van der Waals surface area (Å²) >= 11 is 0. The molecule has 1 atom stereocenters. The zero-order valence-corrected chi connectivity index (χ0v) is 21.7. The van der Waals surface area contributed by atoms with Crippen molar-refractivity contribution in [1.29, 1.82) is 5.26 Å². The molecular formula is C30H30FN7O. The van der Waals surface area contributed by atoms with Crippen LogP contribution in [0.1, 0.15) is 50.1 Å². The van der Waals surface area contributed by atoms with Crippen molar-refractivity contribution in [3.05, 3.63) is 72.2 Å². The molecule has 0 amide bonds. The predicted octanol–water partition coefficient (Wildman–Crippen LogP) is 5.36. The number of benzene rings is 1. The Morgan fingerprint density at radius 3 is 2.69 bits per heavy atom. The molecule has 0 radical (unpaired) electrons. The maximum absolute atomic E-state index is 13.9. The molecule has 3 aromatic heterocycles. The van der Waals surface area contributed by atoms with E-state index in [1.165, 1.54) is 6.07 Å². The summed E-state index contributed by atoms with van der Waals surface area (Å²) in [6, 6.07) is 18.9. The number of Topliss-reactive ketones (excluding diaryl/α,β-unsaturated/α-hetero) is 1. The van der Waals surface area contributed by atoms with Gasteiger partial charge in [-0.15, -0.1) is 5.10 Å². The maximum Gasteiger partial charge on any atom is 0.154 e. The number of halogens is 1. The highest BCUT2D eigenvalue weighted by molar-refractivity contribution is 5.81. The van der Waals surface area contributed by atoms with Gasteiger partial charge in [0.05, 0.1) is 24.0 Å².